The molecule has 0 saturated heterocycles. The number of amides is 2. The van der Waals surface area contributed by atoms with Gasteiger partial charge in [0.05, 0.1) is 6.42 Å². The summed E-state index contributed by atoms with van der Waals surface area (Å²) in [6, 6.07) is 10.2. The quantitative estimate of drug-likeness (QED) is 0.755. The Morgan fingerprint density at radius 1 is 1.31 bits per heavy atom. The fourth-order valence-electron chi connectivity index (χ4n) is 3.05. The molecule has 1 aromatic carbocycles. The van der Waals surface area contributed by atoms with Crippen molar-refractivity contribution in [2.75, 3.05) is 5.32 Å². The maximum atomic E-state index is 13.3. The van der Waals surface area contributed by atoms with Crippen molar-refractivity contribution >= 4 is 23.1 Å². The number of hydrogen-bond donors (Lipinski definition) is 2. The molecule has 6 nitrogen and oxygen atoms in total. The molecule has 0 radical (unpaired) electrons. The lowest BCUT2D eigenvalue weighted by atomic mass is 10.1. The summed E-state index contributed by atoms with van der Waals surface area (Å²) < 4.78 is 27.9. The molecule has 0 bridgehead atoms. The highest BCUT2D eigenvalue weighted by Gasteiger charge is 2.25. The number of nitrogens with zero attached hydrogens (tertiary/aromatic N) is 2. The van der Waals surface area contributed by atoms with E-state index in [0.29, 0.717) is 6.42 Å². The standard InChI is InChI=1S/C18H14F2N4O2/c19-17(20)15-16(24-6-2-1-3-13(24)23-15)18(26)21-9-10-4-5-12-11(7-10)8-14(25)22-12/h1-7,17H,8-9H2,(H,21,26)(H,22,25). The molecular formula is C18H14F2N4O2. The van der Waals surface area contributed by atoms with Crippen LogP contribution in [0.5, 0.6) is 0 Å². The minimum absolute atomic E-state index is 0.0755. The van der Waals surface area contributed by atoms with E-state index in [1.807, 2.05) is 6.07 Å². The lowest BCUT2D eigenvalue weighted by Crippen LogP contribution is -2.25. The van der Waals surface area contributed by atoms with Crippen molar-refractivity contribution in [3.63, 3.8) is 0 Å². The summed E-state index contributed by atoms with van der Waals surface area (Å²) in [4.78, 5) is 27.8. The van der Waals surface area contributed by atoms with Crippen molar-refractivity contribution in [2.45, 2.75) is 19.4 Å². The summed E-state index contributed by atoms with van der Waals surface area (Å²) in [5.41, 5.74) is 1.96. The number of benzene rings is 1. The summed E-state index contributed by atoms with van der Waals surface area (Å²) in [6.45, 7) is 0.156. The van der Waals surface area contributed by atoms with Gasteiger partial charge in [0.15, 0.2) is 0 Å². The molecule has 2 amide bonds. The number of halogens is 2. The molecule has 1 aliphatic rings. The predicted molar refractivity (Wildman–Crippen MR) is 90.1 cm³/mol. The summed E-state index contributed by atoms with van der Waals surface area (Å²) >= 11 is 0. The normalized spacial score (nSPS) is 13.1. The summed E-state index contributed by atoms with van der Waals surface area (Å²) in [5.74, 6) is -0.706. The molecule has 2 aromatic heterocycles. The lowest BCUT2D eigenvalue weighted by molar-refractivity contribution is -0.115. The smallest absolute Gasteiger partial charge is 0.282 e. The topological polar surface area (TPSA) is 75.5 Å². The monoisotopic (exact) mass is 356 g/mol. The molecule has 132 valence electrons. The predicted octanol–water partition coefficient (Wildman–Crippen LogP) is 2.70. The van der Waals surface area contributed by atoms with Gasteiger partial charge in [-0.1, -0.05) is 18.2 Å². The van der Waals surface area contributed by atoms with Gasteiger partial charge in [-0.3, -0.25) is 14.0 Å². The first-order chi connectivity index (χ1) is 12.5. The number of carbonyl (C=O) groups is 2. The van der Waals surface area contributed by atoms with Crippen molar-refractivity contribution in [2.24, 2.45) is 0 Å². The lowest BCUT2D eigenvalue weighted by Gasteiger charge is -2.08. The van der Waals surface area contributed by atoms with Crippen molar-refractivity contribution < 1.29 is 18.4 Å². The Hall–Kier alpha value is -3.29. The zero-order valence-corrected chi connectivity index (χ0v) is 13.5. The van der Waals surface area contributed by atoms with Crippen molar-refractivity contribution in [1.29, 1.82) is 0 Å². The molecule has 0 aliphatic carbocycles. The van der Waals surface area contributed by atoms with Crippen LogP contribution in [-0.2, 0) is 17.8 Å². The van der Waals surface area contributed by atoms with Gasteiger partial charge >= 0.3 is 0 Å². The highest BCUT2D eigenvalue weighted by molar-refractivity contribution is 5.99. The van der Waals surface area contributed by atoms with E-state index in [1.165, 1.54) is 10.6 Å². The zero-order chi connectivity index (χ0) is 18.3. The second-order valence-electron chi connectivity index (χ2n) is 5.97. The van der Waals surface area contributed by atoms with E-state index in [2.05, 4.69) is 15.6 Å². The molecule has 0 atom stereocenters. The van der Waals surface area contributed by atoms with Gasteiger partial charge in [0.1, 0.15) is 17.0 Å². The Morgan fingerprint density at radius 3 is 2.96 bits per heavy atom. The number of nitrogens with one attached hydrogen (secondary N) is 2. The van der Waals surface area contributed by atoms with Crippen LogP contribution >= 0.6 is 0 Å². The van der Waals surface area contributed by atoms with Gasteiger partial charge in [0.2, 0.25) is 5.91 Å². The summed E-state index contributed by atoms with van der Waals surface area (Å²) in [5, 5.41) is 5.38. The van der Waals surface area contributed by atoms with E-state index < -0.39 is 18.0 Å². The Labute approximate surface area is 146 Å². The van der Waals surface area contributed by atoms with E-state index in [0.717, 1.165) is 16.8 Å². The van der Waals surface area contributed by atoms with Gasteiger partial charge in [-0.25, -0.2) is 13.8 Å². The van der Waals surface area contributed by atoms with Crippen LogP contribution in [-0.4, -0.2) is 21.2 Å². The van der Waals surface area contributed by atoms with Crippen LogP contribution in [0.3, 0.4) is 0 Å². The van der Waals surface area contributed by atoms with Crippen LogP contribution < -0.4 is 10.6 Å². The molecular weight excluding hydrogens is 342 g/mol. The molecule has 0 fully saturated rings. The van der Waals surface area contributed by atoms with E-state index in [-0.39, 0.29) is 23.8 Å². The number of aromatic nitrogens is 2. The van der Waals surface area contributed by atoms with Gasteiger partial charge in [-0.05, 0) is 29.3 Å². The van der Waals surface area contributed by atoms with Crippen molar-refractivity contribution in [3.05, 3.63) is 65.1 Å². The first-order valence-electron chi connectivity index (χ1n) is 7.98. The van der Waals surface area contributed by atoms with E-state index in [1.54, 1.807) is 30.3 Å². The Morgan fingerprint density at radius 2 is 2.15 bits per heavy atom. The highest BCUT2D eigenvalue weighted by atomic mass is 19.3. The second kappa shape index (κ2) is 6.21. The van der Waals surface area contributed by atoms with Crippen LogP contribution in [0.15, 0.2) is 42.6 Å². The third-order valence-corrected chi connectivity index (χ3v) is 4.23. The molecule has 0 saturated carbocycles. The fourth-order valence-corrected chi connectivity index (χ4v) is 3.05. The van der Waals surface area contributed by atoms with Crippen molar-refractivity contribution in [1.82, 2.24) is 14.7 Å². The molecule has 4 rings (SSSR count). The van der Waals surface area contributed by atoms with E-state index in [4.69, 9.17) is 0 Å². The average Bonchev–Trinajstić information content (AvgIpc) is 3.18. The van der Waals surface area contributed by atoms with Gasteiger partial charge in [0.25, 0.3) is 12.3 Å². The summed E-state index contributed by atoms with van der Waals surface area (Å²) in [6.07, 6.45) is -1.04. The number of fused-ring (bicyclic) bond motifs is 2. The zero-order valence-electron chi connectivity index (χ0n) is 13.5. The molecule has 8 heteroatoms. The van der Waals surface area contributed by atoms with Crippen LogP contribution in [0.25, 0.3) is 5.65 Å². The molecule has 0 spiro atoms. The number of anilines is 1. The van der Waals surface area contributed by atoms with E-state index >= 15 is 0 Å². The van der Waals surface area contributed by atoms with Gasteiger partial charge in [-0.2, -0.15) is 0 Å². The number of hydrogen-bond acceptors (Lipinski definition) is 3. The number of rotatable bonds is 4. The fraction of sp³-hybridized carbons (Fsp3) is 0.167. The van der Waals surface area contributed by atoms with Crippen LogP contribution in [0, 0.1) is 0 Å². The molecule has 2 N–H and O–H groups in total. The third kappa shape index (κ3) is 2.79. The number of imidazole rings is 1. The summed E-state index contributed by atoms with van der Waals surface area (Å²) in [7, 11) is 0. The molecule has 26 heavy (non-hydrogen) atoms. The van der Waals surface area contributed by atoms with Crippen LogP contribution in [0.1, 0.15) is 33.7 Å². The first kappa shape index (κ1) is 16.2. The Bertz CT molecular complexity index is 1030. The average molecular weight is 356 g/mol. The number of alkyl halides is 2. The van der Waals surface area contributed by atoms with Gasteiger partial charge in [0, 0.05) is 18.4 Å². The molecule has 3 aromatic rings. The first-order valence-corrected chi connectivity index (χ1v) is 7.98. The molecule has 1 aliphatic heterocycles. The van der Waals surface area contributed by atoms with Crippen LogP contribution in [0.4, 0.5) is 14.5 Å². The number of carbonyl (C=O) groups excluding carboxylic acids is 2. The maximum absolute atomic E-state index is 13.3. The molecule has 0 unspecified atom stereocenters. The minimum atomic E-state index is -2.85. The van der Waals surface area contributed by atoms with Gasteiger partial charge < -0.3 is 10.6 Å². The molecule has 3 heterocycles. The Balaban J connectivity index is 1.58. The largest absolute Gasteiger partial charge is 0.347 e. The highest BCUT2D eigenvalue weighted by Crippen LogP contribution is 2.25. The third-order valence-electron chi connectivity index (χ3n) is 4.23. The number of pyridine rings is 1. The van der Waals surface area contributed by atoms with Gasteiger partial charge in [-0.15, -0.1) is 0 Å². The minimum Gasteiger partial charge on any atom is -0.347 e. The SMILES string of the molecule is O=C1Cc2cc(CNC(=O)c3c(C(F)F)nc4ccccn34)ccc2N1. The van der Waals surface area contributed by atoms with E-state index in [9.17, 15) is 18.4 Å². The maximum Gasteiger partial charge on any atom is 0.282 e. The second-order valence-corrected chi connectivity index (χ2v) is 5.97. The van der Waals surface area contributed by atoms with Crippen LogP contribution in [0.2, 0.25) is 0 Å². The van der Waals surface area contributed by atoms with Crippen molar-refractivity contribution in [3.8, 4) is 0 Å². The Kier molecular flexibility index (Phi) is 3.87.